The van der Waals surface area contributed by atoms with Crippen LogP contribution in [0, 0.1) is 5.41 Å². The predicted octanol–water partition coefficient (Wildman–Crippen LogP) is 2.46. The monoisotopic (exact) mass is 268 g/mol. The lowest BCUT2D eigenvalue weighted by Gasteiger charge is -2.03. The summed E-state index contributed by atoms with van der Waals surface area (Å²) in [7, 11) is 1.31. The normalized spacial score (nSPS) is 10.2. The highest BCUT2D eigenvalue weighted by molar-refractivity contribution is 7.11. The van der Waals surface area contributed by atoms with Crippen molar-refractivity contribution >= 4 is 28.9 Å². The number of carbonyl (C=O) groups is 1. The quantitative estimate of drug-likeness (QED) is 0.851. The van der Waals surface area contributed by atoms with Gasteiger partial charge in [0.1, 0.15) is 4.88 Å². The molecule has 1 aromatic heterocycles. The van der Waals surface area contributed by atoms with Crippen molar-refractivity contribution in [3.63, 3.8) is 0 Å². The van der Waals surface area contributed by atoms with Crippen molar-refractivity contribution < 1.29 is 9.53 Å². The minimum atomic E-state index is -0.450. The second-order valence-electron chi connectivity index (χ2n) is 3.21. The lowest BCUT2D eigenvalue weighted by Crippen LogP contribution is -2.09. The van der Waals surface area contributed by atoms with Gasteiger partial charge in [0, 0.05) is 6.20 Å². The number of carbonyl (C=O) groups excluding carboxylic acids is 1. The van der Waals surface area contributed by atoms with Crippen molar-refractivity contribution in [2.45, 2.75) is 0 Å². The molecular weight excluding hydrogens is 260 g/mol. The number of para-hydroxylation sites is 1. The summed E-state index contributed by atoms with van der Waals surface area (Å²) < 4.78 is 6.17. The maximum atomic E-state index is 11.4. The van der Waals surface area contributed by atoms with E-state index in [1.165, 1.54) is 7.11 Å². The lowest BCUT2D eigenvalue weighted by atomic mass is 10.3. The molecule has 0 saturated carbocycles. The number of nitrogens with one attached hydrogen (secondary N) is 1. The molecule has 2 aromatic rings. The third kappa shape index (κ3) is 2.25. The van der Waals surface area contributed by atoms with Crippen molar-refractivity contribution in [1.82, 2.24) is 4.57 Å². The molecule has 1 aromatic carbocycles. The van der Waals surface area contributed by atoms with Gasteiger partial charge in [0.05, 0.1) is 17.8 Å². The van der Waals surface area contributed by atoms with E-state index in [1.54, 1.807) is 22.9 Å². The maximum absolute atomic E-state index is 11.4. The SMILES string of the molecule is COC(=O)c1cn(-c2ccccc2Cl)c(=N)s1. The highest BCUT2D eigenvalue weighted by Gasteiger charge is 2.12. The fraction of sp³-hybridized carbons (Fsp3) is 0.0909. The van der Waals surface area contributed by atoms with Gasteiger partial charge in [-0.1, -0.05) is 35.1 Å². The molecule has 17 heavy (non-hydrogen) atoms. The number of methoxy groups -OCH3 is 1. The molecule has 2 rings (SSSR count). The van der Waals surface area contributed by atoms with Crippen LogP contribution in [0.25, 0.3) is 5.69 Å². The number of thiazole rings is 1. The average molecular weight is 269 g/mol. The van der Waals surface area contributed by atoms with Gasteiger partial charge in [-0.25, -0.2) is 4.79 Å². The summed E-state index contributed by atoms with van der Waals surface area (Å²) in [5.74, 6) is -0.450. The van der Waals surface area contributed by atoms with Crippen molar-refractivity contribution in [1.29, 1.82) is 5.41 Å². The Morgan fingerprint density at radius 2 is 2.18 bits per heavy atom. The van der Waals surface area contributed by atoms with Crippen LogP contribution >= 0.6 is 22.9 Å². The molecule has 0 atom stereocenters. The molecule has 0 saturated heterocycles. The van der Waals surface area contributed by atoms with E-state index in [0.717, 1.165) is 11.3 Å². The van der Waals surface area contributed by atoms with Crippen molar-refractivity contribution in [3.8, 4) is 5.69 Å². The van der Waals surface area contributed by atoms with Gasteiger partial charge in [-0.15, -0.1) is 0 Å². The van der Waals surface area contributed by atoms with E-state index in [1.807, 2.05) is 12.1 Å². The van der Waals surface area contributed by atoms with Crippen LogP contribution in [0.4, 0.5) is 0 Å². The zero-order valence-electron chi connectivity index (χ0n) is 8.94. The Hall–Kier alpha value is -1.59. The number of nitrogens with zero attached hydrogens (tertiary/aromatic N) is 1. The summed E-state index contributed by atoms with van der Waals surface area (Å²) in [5.41, 5.74) is 0.672. The number of esters is 1. The van der Waals surface area contributed by atoms with E-state index < -0.39 is 5.97 Å². The number of aromatic nitrogens is 1. The number of hydrogen-bond donors (Lipinski definition) is 1. The Kier molecular flexibility index (Phi) is 3.31. The molecule has 0 radical (unpaired) electrons. The van der Waals surface area contributed by atoms with E-state index in [0.29, 0.717) is 15.6 Å². The fourth-order valence-corrected chi connectivity index (χ4v) is 2.39. The molecule has 0 aliphatic rings. The Morgan fingerprint density at radius 1 is 1.47 bits per heavy atom. The molecule has 88 valence electrons. The number of rotatable bonds is 2. The number of ether oxygens (including phenoxy) is 1. The van der Waals surface area contributed by atoms with E-state index in [4.69, 9.17) is 17.0 Å². The first-order valence-electron chi connectivity index (χ1n) is 4.74. The van der Waals surface area contributed by atoms with E-state index in [-0.39, 0.29) is 4.80 Å². The first-order valence-corrected chi connectivity index (χ1v) is 5.93. The summed E-state index contributed by atoms with van der Waals surface area (Å²) >= 11 is 7.08. The first-order chi connectivity index (χ1) is 8.13. The Balaban J connectivity index is 2.54. The number of halogens is 1. The van der Waals surface area contributed by atoms with Crippen molar-refractivity contribution in [2.75, 3.05) is 7.11 Å². The summed E-state index contributed by atoms with van der Waals surface area (Å²) in [6.45, 7) is 0. The second-order valence-corrected chi connectivity index (χ2v) is 4.65. The van der Waals surface area contributed by atoms with Gasteiger partial charge < -0.3 is 4.74 Å². The van der Waals surface area contributed by atoms with Crippen LogP contribution in [-0.2, 0) is 4.74 Å². The average Bonchev–Trinajstić information content (AvgIpc) is 2.71. The molecule has 4 nitrogen and oxygen atoms in total. The predicted molar refractivity (Wildman–Crippen MR) is 65.9 cm³/mol. The van der Waals surface area contributed by atoms with Gasteiger partial charge >= 0.3 is 5.97 Å². The van der Waals surface area contributed by atoms with Gasteiger partial charge in [0.15, 0.2) is 4.80 Å². The number of hydrogen-bond acceptors (Lipinski definition) is 4. The van der Waals surface area contributed by atoms with Crippen LogP contribution < -0.4 is 4.80 Å². The topological polar surface area (TPSA) is 55.1 Å². The molecule has 0 amide bonds. The zero-order valence-corrected chi connectivity index (χ0v) is 10.5. The molecule has 0 aliphatic heterocycles. The third-order valence-corrected chi connectivity index (χ3v) is 3.37. The standard InChI is InChI=1S/C11H9ClN2O2S/c1-16-10(15)9-6-14(11(13)17-9)8-5-3-2-4-7(8)12/h2-6,13H,1H3. The molecule has 0 bridgehead atoms. The molecule has 0 spiro atoms. The summed E-state index contributed by atoms with van der Waals surface area (Å²) in [4.78, 5) is 11.9. The van der Waals surface area contributed by atoms with Crippen LogP contribution in [0.3, 0.4) is 0 Å². The van der Waals surface area contributed by atoms with E-state index >= 15 is 0 Å². The van der Waals surface area contributed by atoms with Crippen molar-refractivity contribution in [2.24, 2.45) is 0 Å². The molecular formula is C11H9ClN2O2S. The van der Waals surface area contributed by atoms with Crippen molar-refractivity contribution in [3.05, 3.63) is 45.2 Å². The van der Waals surface area contributed by atoms with Crippen LogP contribution in [0.1, 0.15) is 9.67 Å². The summed E-state index contributed by atoms with van der Waals surface area (Å²) in [6, 6.07) is 7.15. The molecule has 6 heteroatoms. The van der Waals surface area contributed by atoms with Gasteiger partial charge in [-0.05, 0) is 12.1 Å². The maximum Gasteiger partial charge on any atom is 0.349 e. The minimum Gasteiger partial charge on any atom is -0.465 e. The highest BCUT2D eigenvalue weighted by Crippen LogP contribution is 2.20. The Labute approximate surface area is 107 Å². The van der Waals surface area contributed by atoms with E-state index in [2.05, 4.69) is 4.74 Å². The van der Waals surface area contributed by atoms with Gasteiger partial charge in [-0.2, -0.15) is 0 Å². The zero-order chi connectivity index (χ0) is 12.4. The van der Waals surface area contributed by atoms with Crippen LogP contribution in [-0.4, -0.2) is 17.6 Å². The molecule has 0 unspecified atom stereocenters. The smallest absolute Gasteiger partial charge is 0.349 e. The Morgan fingerprint density at radius 3 is 2.82 bits per heavy atom. The third-order valence-electron chi connectivity index (χ3n) is 2.17. The van der Waals surface area contributed by atoms with Gasteiger partial charge in [0.2, 0.25) is 0 Å². The fourth-order valence-electron chi connectivity index (χ4n) is 1.38. The minimum absolute atomic E-state index is 0.221. The second kappa shape index (κ2) is 4.73. The number of benzene rings is 1. The van der Waals surface area contributed by atoms with E-state index in [9.17, 15) is 4.79 Å². The largest absolute Gasteiger partial charge is 0.465 e. The van der Waals surface area contributed by atoms with Crippen LogP contribution in [0.15, 0.2) is 30.5 Å². The highest BCUT2D eigenvalue weighted by atomic mass is 35.5. The molecule has 1 N–H and O–H groups in total. The Bertz CT molecular complexity index is 618. The summed E-state index contributed by atoms with van der Waals surface area (Å²) in [6.07, 6.45) is 1.56. The molecule has 0 fully saturated rings. The molecule has 0 aliphatic carbocycles. The summed E-state index contributed by atoms with van der Waals surface area (Å²) in [5, 5.41) is 8.34. The van der Waals surface area contributed by atoms with Crippen LogP contribution in [0.5, 0.6) is 0 Å². The van der Waals surface area contributed by atoms with Gasteiger partial charge in [-0.3, -0.25) is 9.98 Å². The first kappa shape index (κ1) is 11.9. The lowest BCUT2D eigenvalue weighted by molar-refractivity contribution is 0.0606. The molecule has 1 heterocycles. The van der Waals surface area contributed by atoms with Gasteiger partial charge in [0.25, 0.3) is 0 Å². The van der Waals surface area contributed by atoms with Crippen LogP contribution in [0.2, 0.25) is 5.02 Å².